The van der Waals surface area contributed by atoms with Gasteiger partial charge in [-0.15, -0.1) is 0 Å². The van der Waals surface area contributed by atoms with Gasteiger partial charge in [0.15, 0.2) is 0 Å². The Hall–Kier alpha value is -5.87. The molecule has 0 aliphatic rings. The highest BCUT2D eigenvalue weighted by Crippen LogP contribution is 2.41. The second kappa shape index (κ2) is 8.81. The lowest BCUT2D eigenvalue weighted by Gasteiger charge is -2.13. The molecule has 43 heavy (non-hydrogen) atoms. The SMILES string of the molecule is N=C(N)c1cccc(-c2cccc(-n3c4ccccc4c4ccc5cc6c7ccccc7c7ccccc7n6c5c43)c2)c1. The van der Waals surface area contributed by atoms with Crippen molar-refractivity contribution in [2.24, 2.45) is 5.73 Å². The number of nitrogen functional groups attached to an aromatic ring is 1. The molecule has 3 heterocycles. The second-order valence-corrected chi connectivity index (χ2v) is 11.2. The number of hydrogen-bond acceptors (Lipinski definition) is 1. The Morgan fingerprint density at radius 3 is 1.88 bits per heavy atom. The van der Waals surface area contributed by atoms with Gasteiger partial charge in [0.1, 0.15) is 5.84 Å². The van der Waals surface area contributed by atoms with Crippen LogP contribution in [0.3, 0.4) is 0 Å². The molecule has 0 saturated heterocycles. The lowest BCUT2D eigenvalue weighted by atomic mass is 10.0. The van der Waals surface area contributed by atoms with Crippen LogP contribution in [0.2, 0.25) is 0 Å². The molecule has 0 atom stereocenters. The molecule has 0 spiro atoms. The highest BCUT2D eigenvalue weighted by atomic mass is 15.0. The van der Waals surface area contributed by atoms with Gasteiger partial charge >= 0.3 is 0 Å². The van der Waals surface area contributed by atoms with Crippen LogP contribution in [0.15, 0.2) is 140 Å². The average molecular weight is 551 g/mol. The molecule has 6 aromatic carbocycles. The molecule has 0 aliphatic heterocycles. The normalized spacial score (nSPS) is 11.9. The quantitative estimate of drug-likeness (QED) is 0.128. The van der Waals surface area contributed by atoms with E-state index in [0.717, 1.165) is 22.4 Å². The Kier molecular flexibility index (Phi) is 4.88. The van der Waals surface area contributed by atoms with Gasteiger partial charge in [0.25, 0.3) is 0 Å². The lowest BCUT2D eigenvalue weighted by molar-refractivity contribution is 1.18. The minimum absolute atomic E-state index is 0.0719. The number of hydrogen-bond donors (Lipinski definition) is 2. The Bertz CT molecular complexity index is 2600. The van der Waals surface area contributed by atoms with Crippen LogP contribution >= 0.6 is 0 Å². The highest BCUT2D eigenvalue weighted by molar-refractivity contribution is 6.22. The smallest absolute Gasteiger partial charge is 0.122 e. The maximum absolute atomic E-state index is 7.94. The number of benzene rings is 6. The van der Waals surface area contributed by atoms with Gasteiger partial charge in [-0.2, -0.15) is 0 Å². The molecular weight excluding hydrogens is 524 g/mol. The monoisotopic (exact) mass is 550 g/mol. The fraction of sp³-hybridized carbons (Fsp3) is 0. The standard InChI is InChI=1S/C39H26N4/c40-39(41)27-11-7-9-24(21-27)25-10-8-12-28(22-25)42-34-17-5-4-16-32(34)33-20-19-26-23-36-31-15-2-1-13-29(31)30-14-3-6-18-35(30)43(36)37(26)38(33)42/h1-23H,(H3,40,41). The zero-order valence-corrected chi connectivity index (χ0v) is 23.3. The van der Waals surface area contributed by atoms with E-state index in [1.54, 1.807) is 0 Å². The molecule has 0 fully saturated rings. The van der Waals surface area contributed by atoms with Crippen molar-refractivity contribution >= 4 is 65.7 Å². The average Bonchev–Trinajstić information content (AvgIpc) is 3.62. The topological polar surface area (TPSA) is 59.2 Å². The first-order valence-electron chi connectivity index (χ1n) is 14.5. The Labute approximate surface area is 247 Å². The number of rotatable bonds is 3. The zero-order valence-electron chi connectivity index (χ0n) is 23.3. The summed E-state index contributed by atoms with van der Waals surface area (Å²) in [5, 5.41) is 15.4. The Morgan fingerprint density at radius 2 is 1.12 bits per heavy atom. The van der Waals surface area contributed by atoms with Crippen molar-refractivity contribution < 1.29 is 0 Å². The van der Waals surface area contributed by atoms with Crippen molar-refractivity contribution in [2.45, 2.75) is 0 Å². The van der Waals surface area contributed by atoms with Crippen molar-refractivity contribution in [2.75, 3.05) is 0 Å². The summed E-state index contributed by atoms with van der Waals surface area (Å²) in [6.45, 7) is 0. The van der Waals surface area contributed by atoms with Crippen molar-refractivity contribution in [3.8, 4) is 16.8 Å². The largest absolute Gasteiger partial charge is 0.384 e. The molecule has 0 unspecified atom stereocenters. The minimum Gasteiger partial charge on any atom is -0.384 e. The molecule has 0 amide bonds. The number of pyridine rings is 1. The summed E-state index contributed by atoms with van der Waals surface area (Å²) in [7, 11) is 0. The molecule has 0 saturated carbocycles. The third kappa shape index (κ3) is 3.35. The van der Waals surface area contributed by atoms with Crippen LogP contribution in [0.4, 0.5) is 0 Å². The number of fused-ring (bicyclic) bond motifs is 12. The summed E-state index contributed by atoms with van der Waals surface area (Å²) in [5.74, 6) is 0.0719. The molecule has 3 N–H and O–H groups in total. The summed E-state index contributed by atoms with van der Waals surface area (Å²) in [5.41, 5.74) is 15.7. The fourth-order valence-electron chi connectivity index (χ4n) is 6.98. The Balaban J connectivity index is 1.45. The number of nitrogens with zero attached hydrogens (tertiary/aromatic N) is 2. The lowest BCUT2D eigenvalue weighted by Crippen LogP contribution is -2.10. The first-order valence-corrected chi connectivity index (χ1v) is 14.5. The first kappa shape index (κ1) is 23.8. The molecule has 9 aromatic rings. The highest BCUT2D eigenvalue weighted by Gasteiger charge is 2.20. The van der Waals surface area contributed by atoms with E-state index in [9.17, 15) is 0 Å². The van der Waals surface area contributed by atoms with E-state index in [2.05, 4.69) is 130 Å². The number of para-hydroxylation sites is 2. The zero-order chi connectivity index (χ0) is 28.7. The van der Waals surface area contributed by atoms with E-state index in [0.29, 0.717) is 0 Å². The molecule has 9 rings (SSSR count). The summed E-state index contributed by atoms with van der Waals surface area (Å²) < 4.78 is 4.88. The number of amidine groups is 1. The second-order valence-electron chi connectivity index (χ2n) is 11.2. The van der Waals surface area contributed by atoms with Gasteiger partial charge in [0.2, 0.25) is 0 Å². The van der Waals surface area contributed by atoms with Crippen LogP contribution in [0.25, 0.3) is 76.7 Å². The predicted molar refractivity (Wildman–Crippen MR) is 181 cm³/mol. The van der Waals surface area contributed by atoms with Gasteiger partial charge in [-0.05, 0) is 52.9 Å². The number of nitrogens with one attached hydrogen (secondary N) is 1. The van der Waals surface area contributed by atoms with Crippen LogP contribution in [0.1, 0.15) is 5.56 Å². The van der Waals surface area contributed by atoms with Crippen LogP contribution in [0, 0.1) is 5.41 Å². The number of aromatic nitrogens is 2. The van der Waals surface area contributed by atoms with Gasteiger partial charge in [0, 0.05) is 38.2 Å². The predicted octanol–water partition coefficient (Wildman–Crippen LogP) is 9.45. The fourth-order valence-corrected chi connectivity index (χ4v) is 6.98. The van der Waals surface area contributed by atoms with Crippen molar-refractivity contribution in [3.63, 3.8) is 0 Å². The summed E-state index contributed by atoms with van der Waals surface area (Å²) >= 11 is 0. The third-order valence-electron chi connectivity index (χ3n) is 8.85. The minimum atomic E-state index is 0.0719. The molecule has 0 radical (unpaired) electrons. The van der Waals surface area contributed by atoms with Gasteiger partial charge in [-0.1, -0.05) is 103 Å². The molecule has 3 aromatic heterocycles. The van der Waals surface area contributed by atoms with Crippen LogP contribution < -0.4 is 5.73 Å². The van der Waals surface area contributed by atoms with E-state index in [4.69, 9.17) is 11.1 Å². The Morgan fingerprint density at radius 1 is 0.488 bits per heavy atom. The van der Waals surface area contributed by atoms with Crippen LogP contribution in [0.5, 0.6) is 0 Å². The van der Waals surface area contributed by atoms with E-state index >= 15 is 0 Å². The van der Waals surface area contributed by atoms with E-state index in [1.165, 1.54) is 59.9 Å². The van der Waals surface area contributed by atoms with Gasteiger partial charge < -0.3 is 14.7 Å². The molecule has 0 bridgehead atoms. The van der Waals surface area contributed by atoms with Gasteiger partial charge in [-0.25, -0.2) is 0 Å². The van der Waals surface area contributed by atoms with Gasteiger partial charge in [-0.3, -0.25) is 5.41 Å². The molecule has 202 valence electrons. The maximum Gasteiger partial charge on any atom is 0.122 e. The molecule has 4 heteroatoms. The molecule has 0 aliphatic carbocycles. The van der Waals surface area contributed by atoms with Gasteiger partial charge in [0.05, 0.1) is 27.6 Å². The van der Waals surface area contributed by atoms with E-state index in [-0.39, 0.29) is 5.84 Å². The third-order valence-corrected chi connectivity index (χ3v) is 8.85. The summed E-state index contributed by atoms with van der Waals surface area (Å²) in [4.78, 5) is 0. The van der Waals surface area contributed by atoms with E-state index < -0.39 is 0 Å². The van der Waals surface area contributed by atoms with Crippen molar-refractivity contribution in [3.05, 3.63) is 145 Å². The molecular formula is C39H26N4. The van der Waals surface area contributed by atoms with Crippen molar-refractivity contribution in [1.82, 2.24) is 8.97 Å². The molecule has 4 nitrogen and oxygen atoms in total. The summed E-state index contributed by atoms with van der Waals surface area (Å²) in [6, 6.07) is 49.6. The van der Waals surface area contributed by atoms with Crippen LogP contribution in [-0.2, 0) is 0 Å². The van der Waals surface area contributed by atoms with Crippen molar-refractivity contribution in [1.29, 1.82) is 5.41 Å². The van der Waals surface area contributed by atoms with E-state index in [1.807, 2.05) is 18.2 Å². The maximum atomic E-state index is 7.94. The summed E-state index contributed by atoms with van der Waals surface area (Å²) in [6.07, 6.45) is 0. The number of nitrogens with two attached hydrogens (primary N) is 1. The first-order chi connectivity index (χ1) is 21.2. The van der Waals surface area contributed by atoms with Crippen LogP contribution in [-0.4, -0.2) is 14.8 Å².